The molecule has 1 N–H and O–H groups in total. The molecular weight excluding hydrogens is 373 g/mol. The molecule has 2 aromatic rings. The number of carbonyl (C=O) groups excluding carboxylic acids is 1. The van der Waals surface area contributed by atoms with Gasteiger partial charge in [0.25, 0.3) is 0 Å². The maximum atomic E-state index is 12.2. The van der Waals surface area contributed by atoms with E-state index < -0.39 is 0 Å². The minimum absolute atomic E-state index is 0.0917. The second kappa shape index (κ2) is 8.87. The average molecular weight is 396 g/mol. The summed E-state index contributed by atoms with van der Waals surface area (Å²) in [4.78, 5) is 16.7. The smallest absolute Gasteiger partial charge is 0.248 e. The second-order valence-corrected chi connectivity index (χ2v) is 7.61. The van der Waals surface area contributed by atoms with Gasteiger partial charge >= 0.3 is 0 Å². The van der Waals surface area contributed by atoms with Crippen molar-refractivity contribution >= 4 is 29.1 Å². The summed E-state index contributed by atoms with van der Waals surface area (Å²) in [6.45, 7) is 1.85. The lowest BCUT2D eigenvalue weighted by Gasteiger charge is -2.17. The van der Waals surface area contributed by atoms with Gasteiger partial charge in [-0.25, -0.2) is 0 Å². The van der Waals surface area contributed by atoms with Crippen molar-refractivity contribution in [2.75, 3.05) is 0 Å². The molecule has 0 bridgehead atoms. The van der Waals surface area contributed by atoms with E-state index in [0.717, 1.165) is 24.2 Å². The Morgan fingerprint density at radius 2 is 2.08 bits per heavy atom. The Balaban J connectivity index is 1.52. The number of halogens is 2. The third-order valence-corrected chi connectivity index (χ3v) is 5.69. The molecule has 1 aliphatic carbocycles. The van der Waals surface area contributed by atoms with E-state index in [1.807, 2.05) is 19.1 Å². The fraction of sp³-hybridized carbons (Fsp3) is 0.526. The molecule has 7 heteroatoms. The van der Waals surface area contributed by atoms with Gasteiger partial charge in [-0.1, -0.05) is 59.8 Å². The van der Waals surface area contributed by atoms with Crippen LogP contribution in [0, 0.1) is 0 Å². The van der Waals surface area contributed by atoms with Gasteiger partial charge < -0.3 is 9.84 Å². The van der Waals surface area contributed by atoms with Gasteiger partial charge in [-0.2, -0.15) is 4.98 Å². The van der Waals surface area contributed by atoms with Gasteiger partial charge in [-0.3, -0.25) is 4.79 Å². The second-order valence-electron chi connectivity index (χ2n) is 6.83. The normalized spacial score (nSPS) is 16.4. The van der Waals surface area contributed by atoms with Crippen molar-refractivity contribution in [1.29, 1.82) is 0 Å². The van der Waals surface area contributed by atoms with Crippen LogP contribution in [-0.2, 0) is 11.2 Å². The Morgan fingerprint density at radius 1 is 1.31 bits per heavy atom. The number of nitrogens with zero attached hydrogens (tertiary/aromatic N) is 2. The Labute approximate surface area is 163 Å². The van der Waals surface area contributed by atoms with E-state index in [0.29, 0.717) is 34.7 Å². The van der Waals surface area contributed by atoms with E-state index in [4.69, 9.17) is 27.7 Å². The quantitative estimate of drug-likeness (QED) is 0.726. The SMILES string of the molecule is CC(NC(=O)CCc1cccc(Cl)c1Cl)c1nc(C2CCCCC2)no1. The zero-order valence-electron chi connectivity index (χ0n) is 14.8. The predicted octanol–water partition coefficient (Wildman–Crippen LogP) is 5.23. The van der Waals surface area contributed by atoms with E-state index in [9.17, 15) is 4.79 Å². The summed E-state index contributed by atoms with van der Waals surface area (Å²) < 4.78 is 5.36. The van der Waals surface area contributed by atoms with Crippen molar-refractivity contribution in [3.05, 3.63) is 45.5 Å². The summed E-state index contributed by atoms with van der Waals surface area (Å²) in [5.74, 6) is 1.52. The van der Waals surface area contributed by atoms with Crippen LogP contribution < -0.4 is 5.32 Å². The molecule has 1 saturated carbocycles. The van der Waals surface area contributed by atoms with Gasteiger partial charge in [0.05, 0.1) is 10.0 Å². The highest BCUT2D eigenvalue weighted by molar-refractivity contribution is 6.42. The topological polar surface area (TPSA) is 68.0 Å². The van der Waals surface area contributed by atoms with Gasteiger partial charge in [0.1, 0.15) is 6.04 Å². The maximum absolute atomic E-state index is 12.2. The molecule has 0 saturated heterocycles. The van der Waals surface area contributed by atoms with Crippen LogP contribution in [0.4, 0.5) is 0 Å². The molecule has 5 nitrogen and oxygen atoms in total. The third kappa shape index (κ3) is 4.77. The molecule has 3 rings (SSSR count). The minimum atomic E-state index is -0.317. The molecule has 1 unspecified atom stereocenters. The Bertz CT molecular complexity index is 757. The lowest BCUT2D eigenvalue weighted by molar-refractivity contribution is -0.121. The molecule has 1 aromatic carbocycles. The lowest BCUT2D eigenvalue weighted by Crippen LogP contribution is -2.27. The van der Waals surface area contributed by atoms with Crippen LogP contribution in [0.2, 0.25) is 10.0 Å². The van der Waals surface area contributed by atoms with E-state index >= 15 is 0 Å². The van der Waals surface area contributed by atoms with E-state index in [-0.39, 0.29) is 11.9 Å². The predicted molar refractivity (Wildman–Crippen MR) is 101 cm³/mol. The van der Waals surface area contributed by atoms with Gasteiger partial charge in [-0.15, -0.1) is 0 Å². The number of hydrogen-bond donors (Lipinski definition) is 1. The number of benzene rings is 1. The third-order valence-electron chi connectivity index (χ3n) is 4.83. The van der Waals surface area contributed by atoms with Gasteiger partial charge in [0.15, 0.2) is 5.82 Å². The molecule has 0 aliphatic heterocycles. The molecule has 1 amide bonds. The Kier molecular flexibility index (Phi) is 6.54. The first-order valence-corrected chi connectivity index (χ1v) is 9.86. The van der Waals surface area contributed by atoms with E-state index in [1.165, 1.54) is 19.3 Å². The highest BCUT2D eigenvalue weighted by Gasteiger charge is 2.23. The lowest BCUT2D eigenvalue weighted by atomic mass is 9.89. The molecule has 1 heterocycles. The molecule has 1 fully saturated rings. The summed E-state index contributed by atoms with van der Waals surface area (Å²) in [5, 5.41) is 8.02. The maximum Gasteiger partial charge on any atom is 0.248 e. The molecule has 1 aromatic heterocycles. The first-order valence-electron chi connectivity index (χ1n) is 9.10. The van der Waals surface area contributed by atoms with Gasteiger partial charge in [0, 0.05) is 12.3 Å². The number of carbonyl (C=O) groups is 1. The molecule has 1 aliphatic rings. The van der Waals surface area contributed by atoms with Crippen molar-refractivity contribution in [3.8, 4) is 0 Å². The van der Waals surface area contributed by atoms with Gasteiger partial charge in [-0.05, 0) is 37.8 Å². The Morgan fingerprint density at radius 3 is 2.85 bits per heavy atom. The summed E-state index contributed by atoms with van der Waals surface area (Å²) >= 11 is 12.2. The minimum Gasteiger partial charge on any atom is -0.345 e. The van der Waals surface area contributed by atoms with Crippen LogP contribution in [-0.4, -0.2) is 16.0 Å². The van der Waals surface area contributed by atoms with Crippen molar-refractivity contribution in [2.45, 2.75) is 63.8 Å². The number of amides is 1. The van der Waals surface area contributed by atoms with Crippen LogP contribution in [0.5, 0.6) is 0 Å². The highest BCUT2D eigenvalue weighted by Crippen LogP contribution is 2.31. The van der Waals surface area contributed by atoms with Crippen molar-refractivity contribution in [3.63, 3.8) is 0 Å². The summed E-state index contributed by atoms with van der Waals surface area (Å²) in [6, 6.07) is 5.12. The zero-order valence-corrected chi connectivity index (χ0v) is 16.3. The van der Waals surface area contributed by atoms with Crippen molar-refractivity contribution in [2.24, 2.45) is 0 Å². The number of aryl methyl sites for hydroxylation is 1. The average Bonchev–Trinajstić information content (AvgIpc) is 3.14. The largest absolute Gasteiger partial charge is 0.345 e. The molecule has 26 heavy (non-hydrogen) atoms. The standard InChI is InChI=1S/C19H23Cl2N3O2/c1-12(19-23-18(24-26-19)14-6-3-2-4-7-14)22-16(25)11-10-13-8-5-9-15(20)17(13)21/h5,8-9,12,14H,2-4,6-7,10-11H2,1H3,(H,22,25). The van der Waals surface area contributed by atoms with Crippen molar-refractivity contribution in [1.82, 2.24) is 15.5 Å². The number of rotatable bonds is 6. The monoisotopic (exact) mass is 395 g/mol. The molecule has 0 spiro atoms. The first-order chi connectivity index (χ1) is 12.5. The highest BCUT2D eigenvalue weighted by atomic mass is 35.5. The molecular formula is C19H23Cl2N3O2. The van der Waals surface area contributed by atoms with Crippen LogP contribution in [0.25, 0.3) is 0 Å². The van der Waals surface area contributed by atoms with E-state index in [2.05, 4.69) is 15.5 Å². The van der Waals surface area contributed by atoms with Crippen LogP contribution in [0.3, 0.4) is 0 Å². The number of hydrogen-bond acceptors (Lipinski definition) is 4. The Hall–Kier alpha value is -1.59. The zero-order chi connectivity index (χ0) is 18.5. The van der Waals surface area contributed by atoms with Crippen LogP contribution in [0.15, 0.2) is 22.7 Å². The molecule has 1 atom stereocenters. The summed E-state index contributed by atoms with van der Waals surface area (Å²) in [7, 11) is 0. The molecule has 140 valence electrons. The fourth-order valence-electron chi connectivity index (χ4n) is 3.31. The summed E-state index contributed by atoms with van der Waals surface area (Å²) in [5.41, 5.74) is 0.861. The van der Waals surface area contributed by atoms with Gasteiger partial charge in [0.2, 0.25) is 11.8 Å². The number of aromatic nitrogens is 2. The van der Waals surface area contributed by atoms with Crippen LogP contribution in [0.1, 0.15) is 74.7 Å². The summed E-state index contributed by atoms with van der Waals surface area (Å²) in [6.07, 6.45) is 6.77. The fourth-order valence-corrected chi connectivity index (χ4v) is 3.73. The molecule has 0 radical (unpaired) electrons. The first kappa shape index (κ1) is 19.2. The van der Waals surface area contributed by atoms with Crippen molar-refractivity contribution < 1.29 is 9.32 Å². The number of nitrogens with one attached hydrogen (secondary N) is 1. The van der Waals surface area contributed by atoms with E-state index in [1.54, 1.807) is 6.07 Å². The van der Waals surface area contributed by atoms with Crippen LogP contribution >= 0.6 is 23.2 Å².